The number of amides is 2. The Morgan fingerprint density at radius 2 is 1.58 bits per heavy atom. The topological polar surface area (TPSA) is 87.2 Å². The number of nitrogens with zero attached hydrogens (tertiary/aromatic N) is 3. The van der Waals surface area contributed by atoms with E-state index in [1.165, 1.54) is 6.20 Å². The lowest BCUT2D eigenvalue weighted by Gasteiger charge is -2.22. The second-order valence-electron chi connectivity index (χ2n) is 8.84. The van der Waals surface area contributed by atoms with Gasteiger partial charge in [0, 0.05) is 23.6 Å². The Bertz CT molecular complexity index is 1630. The van der Waals surface area contributed by atoms with Crippen LogP contribution in [0.3, 0.4) is 0 Å². The summed E-state index contributed by atoms with van der Waals surface area (Å²) < 4.78 is 0. The lowest BCUT2D eigenvalue weighted by Crippen LogP contribution is -2.30. The van der Waals surface area contributed by atoms with Gasteiger partial charge in [-0.15, -0.1) is 0 Å². The molecule has 3 aromatic carbocycles. The summed E-state index contributed by atoms with van der Waals surface area (Å²) in [6, 6.07) is 32.0. The second-order valence-corrected chi connectivity index (χ2v) is 8.84. The number of benzene rings is 3. The van der Waals surface area contributed by atoms with E-state index in [9.17, 15) is 9.59 Å². The predicted octanol–water partition coefficient (Wildman–Crippen LogP) is 6.30. The van der Waals surface area contributed by atoms with Crippen molar-refractivity contribution in [2.75, 3.05) is 15.5 Å². The van der Waals surface area contributed by atoms with Crippen LogP contribution < -0.4 is 15.5 Å². The maximum Gasteiger partial charge on any atom is 0.260 e. The molecular formula is C31H23N5O2. The molecule has 0 bridgehead atoms. The van der Waals surface area contributed by atoms with Crippen molar-refractivity contribution in [1.82, 2.24) is 9.97 Å². The van der Waals surface area contributed by atoms with Gasteiger partial charge in [-0.05, 0) is 53.1 Å². The van der Waals surface area contributed by atoms with E-state index in [-0.39, 0.29) is 11.8 Å². The Hall–Kier alpha value is -5.30. The molecule has 6 rings (SSSR count). The van der Waals surface area contributed by atoms with Gasteiger partial charge in [-0.1, -0.05) is 66.7 Å². The van der Waals surface area contributed by atoms with Crippen LogP contribution in [0.5, 0.6) is 0 Å². The Balaban J connectivity index is 1.24. The monoisotopic (exact) mass is 497 g/mol. The first-order valence-electron chi connectivity index (χ1n) is 12.2. The van der Waals surface area contributed by atoms with Crippen LogP contribution in [0.1, 0.15) is 26.3 Å². The highest BCUT2D eigenvalue weighted by Gasteiger charge is 2.26. The van der Waals surface area contributed by atoms with Crippen molar-refractivity contribution in [2.24, 2.45) is 0 Å². The molecule has 184 valence electrons. The minimum absolute atomic E-state index is 0.211. The van der Waals surface area contributed by atoms with Crippen molar-refractivity contribution in [3.8, 4) is 11.1 Å². The molecule has 0 fully saturated rings. The zero-order valence-corrected chi connectivity index (χ0v) is 20.3. The predicted molar refractivity (Wildman–Crippen MR) is 149 cm³/mol. The maximum absolute atomic E-state index is 13.6. The van der Waals surface area contributed by atoms with Crippen molar-refractivity contribution in [3.05, 3.63) is 132 Å². The number of hydrogen-bond acceptors (Lipinski definition) is 5. The van der Waals surface area contributed by atoms with Crippen LogP contribution in [-0.2, 0) is 6.54 Å². The van der Waals surface area contributed by atoms with Gasteiger partial charge in [-0.2, -0.15) is 0 Å². The van der Waals surface area contributed by atoms with Crippen LogP contribution in [0.25, 0.3) is 11.1 Å². The molecule has 0 saturated heterocycles. The number of nitrogens with one attached hydrogen (secondary N) is 2. The lowest BCUT2D eigenvalue weighted by atomic mass is 9.99. The van der Waals surface area contributed by atoms with Crippen molar-refractivity contribution >= 4 is 34.8 Å². The number of carbonyl (C=O) groups excluding carboxylic acids is 2. The summed E-state index contributed by atoms with van der Waals surface area (Å²) in [5.41, 5.74) is 5.31. The molecule has 0 atom stereocenters. The van der Waals surface area contributed by atoms with E-state index < -0.39 is 0 Å². The fourth-order valence-corrected chi connectivity index (χ4v) is 4.54. The first-order valence-corrected chi connectivity index (χ1v) is 12.2. The molecule has 7 heteroatoms. The Kier molecular flexibility index (Phi) is 6.08. The molecule has 0 spiro atoms. The molecule has 0 unspecified atom stereocenters. The van der Waals surface area contributed by atoms with E-state index >= 15 is 0 Å². The summed E-state index contributed by atoms with van der Waals surface area (Å²) in [6.45, 7) is 0.384. The number of pyridine rings is 2. The molecule has 1 aliphatic rings. The number of aromatic nitrogens is 2. The largest absolute Gasteiger partial charge is 0.338 e. The molecule has 0 saturated carbocycles. The fraction of sp³-hybridized carbons (Fsp3) is 0.0323. The summed E-state index contributed by atoms with van der Waals surface area (Å²) in [6.07, 6.45) is 3.18. The van der Waals surface area contributed by atoms with Gasteiger partial charge >= 0.3 is 0 Å². The zero-order chi connectivity index (χ0) is 25.9. The average Bonchev–Trinajstić information content (AvgIpc) is 3.14. The Labute approximate surface area is 219 Å². The van der Waals surface area contributed by atoms with Gasteiger partial charge in [0.05, 0.1) is 17.8 Å². The number of rotatable bonds is 4. The van der Waals surface area contributed by atoms with E-state index in [1.54, 1.807) is 35.4 Å². The normalized spacial score (nSPS) is 11.9. The minimum Gasteiger partial charge on any atom is -0.338 e. The van der Waals surface area contributed by atoms with Crippen LogP contribution in [0.4, 0.5) is 23.0 Å². The molecule has 0 radical (unpaired) electrons. The van der Waals surface area contributed by atoms with Crippen LogP contribution in [0, 0.1) is 0 Å². The number of anilines is 4. The summed E-state index contributed by atoms with van der Waals surface area (Å²) >= 11 is 0. The van der Waals surface area contributed by atoms with E-state index in [2.05, 4.69) is 20.6 Å². The standard InChI is InChI=1S/C31H23N5O2/c37-30(25-13-6-5-12-24(25)21-9-2-1-3-10-21)35-28-17-16-22(19-33-28)31(38)36-20-23-11-4-7-14-26(23)34-29-27(36)15-8-18-32-29/h1-19H,20H2,(H,32,34)(H,33,35,37). The van der Waals surface area contributed by atoms with Crippen molar-refractivity contribution in [1.29, 1.82) is 0 Å². The number of hydrogen-bond donors (Lipinski definition) is 2. The van der Waals surface area contributed by atoms with Crippen LogP contribution in [0.2, 0.25) is 0 Å². The molecular weight excluding hydrogens is 474 g/mol. The van der Waals surface area contributed by atoms with Crippen LogP contribution >= 0.6 is 0 Å². The van der Waals surface area contributed by atoms with E-state index in [4.69, 9.17) is 0 Å². The molecule has 0 aliphatic carbocycles. The minimum atomic E-state index is -0.272. The van der Waals surface area contributed by atoms with Gasteiger partial charge < -0.3 is 15.5 Å². The van der Waals surface area contributed by atoms with Crippen LogP contribution in [0.15, 0.2) is 116 Å². The quantitative estimate of drug-likeness (QED) is 0.304. The summed E-state index contributed by atoms with van der Waals surface area (Å²) in [4.78, 5) is 37.3. The molecule has 5 aromatic rings. The zero-order valence-electron chi connectivity index (χ0n) is 20.3. The Morgan fingerprint density at radius 1 is 0.789 bits per heavy atom. The summed E-state index contributed by atoms with van der Waals surface area (Å²) in [5, 5.41) is 6.19. The smallest absolute Gasteiger partial charge is 0.260 e. The number of carbonyl (C=O) groups is 2. The summed E-state index contributed by atoms with van der Waals surface area (Å²) in [5.74, 6) is 0.489. The highest BCUT2D eigenvalue weighted by atomic mass is 16.2. The fourth-order valence-electron chi connectivity index (χ4n) is 4.54. The van der Waals surface area contributed by atoms with Gasteiger partial charge in [0.2, 0.25) is 0 Å². The maximum atomic E-state index is 13.6. The van der Waals surface area contributed by atoms with Gasteiger partial charge in [0.1, 0.15) is 5.82 Å². The van der Waals surface area contributed by atoms with Gasteiger partial charge in [0.25, 0.3) is 11.8 Å². The second kappa shape index (κ2) is 9.99. The van der Waals surface area contributed by atoms with Crippen molar-refractivity contribution < 1.29 is 9.59 Å². The molecule has 3 heterocycles. The highest BCUT2D eigenvalue weighted by molar-refractivity contribution is 6.09. The molecule has 2 amide bonds. The lowest BCUT2D eigenvalue weighted by molar-refractivity contribution is 0.0984. The molecule has 38 heavy (non-hydrogen) atoms. The Morgan fingerprint density at radius 3 is 2.42 bits per heavy atom. The van der Waals surface area contributed by atoms with Gasteiger partial charge in [0.15, 0.2) is 5.82 Å². The van der Waals surface area contributed by atoms with Gasteiger partial charge in [-0.3, -0.25) is 9.59 Å². The van der Waals surface area contributed by atoms with Crippen molar-refractivity contribution in [2.45, 2.75) is 6.54 Å². The van der Waals surface area contributed by atoms with Gasteiger partial charge in [-0.25, -0.2) is 9.97 Å². The first kappa shape index (κ1) is 23.1. The first-order chi connectivity index (χ1) is 18.7. The highest BCUT2D eigenvalue weighted by Crippen LogP contribution is 2.34. The van der Waals surface area contributed by atoms with Crippen LogP contribution in [-0.4, -0.2) is 21.8 Å². The third-order valence-corrected chi connectivity index (χ3v) is 6.43. The SMILES string of the molecule is O=C(Nc1ccc(C(=O)N2Cc3ccccc3Nc3ncccc32)cn1)c1ccccc1-c1ccccc1. The third kappa shape index (κ3) is 4.49. The molecule has 1 aliphatic heterocycles. The summed E-state index contributed by atoms with van der Waals surface area (Å²) in [7, 11) is 0. The van der Waals surface area contributed by atoms with E-state index in [1.807, 2.05) is 78.9 Å². The van der Waals surface area contributed by atoms with Crippen molar-refractivity contribution in [3.63, 3.8) is 0 Å². The number of para-hydroxylation sites is 1. The van der Waals surface area contributed by atoms with E-state index in [0.717, 1.165) is 22.4 Å². The third-order valence-electron chi connectivity index (χ3n) is 6.43. The molecule has 2 aromatic heterocycles. The molecule has 7 nitrogen and oxygen atoms in total. The average molecular weight is 498 g/mol. The van der Waals surface area contributed by atoms with E-state index in [0.29, 0.717) is 35.0 Å². The molecule has 2 N–H and O–H groups in total. The number of fused-ring (bicyclic) bond motifs is 2.